The summed E-state index contributed by atoms with van der Waals surface area (Å²) in [6.07, 6.45) is 7.48. The summed E-state index contributed by atoms with van der Waals surface area (Å²) < 4.78 is 0. The van der Waals surface area contributed by atoms with Crippen molar-refractivity contribution in [3.63, 3.8) is 0 Å². The van der Waals surface area contributed by atoms with E-state index >= 15 is 0 Å². The van der Waals surface area contributed by atoms with Gasteiger partial charge >= 0.3 is 6.03 Å². The second-order valence-electron chi connectivity index (χ2n) is 5.38. The first-order valence-corrected chi connectivity index (χ1v) is 6.77. The smallest absolute Gasteiger partial charge is 0.323 e. The minimum atomic E-state index is 0.00801. The molecule has 1 aliphatic carbocycles. The van der Waals surface area contributed by atoms with Crippen molar-refractivity contribution in [1.82, 2.24) is 10.3 Å². The molecule has 2 fully saturated rings. The Hall–Kier alpha value is -1.58. The molecule has 18 heavy (non-hydrogen) atoms. The standard InChI is InChI=1S/C14H19N3O/c1-2-11-5-6-12(15-9-11)17-10-14(16-13(17)18)7-3-4-8-14/h5-6,9H,2-4,7-8,10H2,1H3,(H,16,18). The number of nitrogens with zero attached hydrogens (tertiary/aromatic N) is 2. The highest BCUT2D eigenvalue weighted by molar-refractivity contribution is 5.94. The predicted octanol–water partition coefficient (Wildman–Crippen LogP) is 2.49. The minimum absolute atomic E-state index is 0.00801. The Morgan fingerprint density at radius 1 is 1.39 bits per heavy atom. The summed E-state index contributed by atoms with van der Waals surface area (Å²) in [6, 6.07) is 4.01. The zero-order chi connectivity index (χ0) is 12.6. The molecule has 1 saturated carbocycles. The highest BCUT2D eigenvalue weighted by atomic mass is 16.2. The molecular weight excluding hydrogens is 226 g/mol. The zero-order valence-electron chi connectivity index (χ0n) is 10.8. The molecule has 0 bridgehead atoms. The van der Waals surface area contributed by atoms with Gasteiger partial charge in [0.05, 0.1) is 12.1 Å². The topological polar surface area (TPSA) is 45.2 Å². The van der Waals surface area contributed by atoms with Gasteiger partial charge in [-0.2, -0.15) is 0 Å². The van der Waals surface area contributed by atoms with Gasteiger partial charge < -0.3 is 5.32 Å². The van der Waals surface area contributed by atoms with Gasteiger partial charge in [0, 0.05) is 6.20 Å². The fourth-order valence-corrected chi connectivity index (χ4v) is 3.01. The summed E-state index contributed by atoms with van der Waals surface area (Å²) in [7, 11) is 0. The first-order chi connectivity index (χ1) is 8.72. The van der Waals surface area contributed by atoms with Crippen LogP contribution in [0.25, 0.3) is 0 Å². The van der Waals surface area contributed by atoms with Gasteiger partial charge in [-0.15, -0.1) is 0 Å². The quantitative estimate of drug-likeness (QED) is 0.870. The van der Waals surface area contributed by atoms with Gasteiger partial charge in [-0.1, -0.05) is 25.8 Å². The zero-order valence-corrected chi connectivity index (χ0v) is 10.8. The number of pyridine rings is 1. The van der Waals surface area contributed by atoms with Crippen LogP contribution in [0.5, 0.6) is 0 Å². The first-order valence-electron chi connectivity index (χ1n) is 6.77. The van der Waals surface area contributed by atoms with E-state index in [1.165, 1.54) is 18.4 Å². The van der Waals surface area contributed by atoms with Gasteiger partial charge in [0.1, 0.15) is 5.82 Å². The Labute approximate surface area is 107 Å². The van der Waals surface area contributed by atoms with E-state index in [-0.39, 0.29) is 11.6 Å². The summed E-state index contributed by atoms with van der Waals surface area (Å²) in [5.41, 5.74) is 1.22. The molecule has 0 aromatic carbocycles. The van der Waals surface area contributed by atoms with Crippen LogP contribution < -0.4 is 10.2 Å². The van der Waals surface area contributed by atoms with Gasteiger partial charge in [-0.05, 0) is 30.9 Å². The maximum absolute atomic E-state index is 12.1. The van der Waals surface area contributed by atoms with Crippen molar-refractivity contribution in [2.45, 2.75) is 44.6 Å². The number of hydrogen-bond donors (Lipinski definition) is 1. The van der Waals surface area contributed by atoms with Crippen LogP contribution in [0.2, 0.25) is 0 Å². The van der Waals surface area contributed by atoms with E-state index in [4.69, 9.17) is 0 Å². The molecule has 1 aromatic heterocycles. The maximum atomic E-state index is 12.1. The molecule has 1 aliphatic heterocycles. The summed E-state index contributed by atoms with van der Waals surface area (Å²) in [4.78, 5) is 18.2. The van der Waals surface area contributed by atoms with E-state index in [0.717, 1.165) is 31.6 Å². The van der Waals surface area contributed by atoms with Crippen LogP contribution in [0.3, 0.4) is 0 Å². The van der Waals surface area contributed by atoms with Crippen LogP contribution in [0.4, 0.5) is 10.6 Å². The number of carbonyl (C=O) groups excluding carboxylic acids is 1. The summed E-state index contributed by atoms with van der Waals surface area (Å²) in [6.45, 7) is 2.87. The van der Waals surface area contributed by atoms with Gasteiger partial charge in [0.15, 0.2) is 0 Å². The van der Waals surface area contributed by atoms with E-state index < -0.39 is 0 Å². The second kappa shape index (κ2) is 4.26. The van der Waals surface area contributed by atoms with E-state index in [9.17, 15) is 4.79 Å². The highest BCUT2D eigenvalue weighted by Gasteiger charge is 2.44. The predicted molar refractivity (Wildman–Crippen MR) is 70.7 cm³/mol. The third kappa shape index (κ3) is 1.85. The van der Waals surface area contributed by atoms with Gasteiger partial charge in [-0.3, -0.25) is 4.90 Å². The molecule has 96 valence electrons. The minimum Gasteiger partial charge on any atom is -0.330 e. The number of nitrogens with one attached hydrogen (secondary N) is 1. The molecule has 2 amide bonds. The Morgan fingerprint density at radius 2 is 2.17 bits per heavy atom. The average Bonchev–Trinajstić information content (AvgIpc) is 2.97. The van der Waals surface area contributed by atoms with Crippen molar-refractivity contribution in [2.24, 2.45) is 0 Å². The normalized spacial score (nSPS) is 21.6. The second-order valence-corrected chi connectivity index (χ2v) is 5.38. The molecule has 0 radical (unpaired) electrons. The van der Waals surface area contributed by atoms with Crippen molar-refractivity contribution in [3.05, 3.63) is 23.9 Å². The van der Waals surface area contributed by atoms with Crippen molar-refractivity contribution in [1.29, 1.82) is 0 Å². The number of aromatic nitrogens is 1. The Bertz CT molecular complexity index is 449. The molecule has 4 nitrogen and oxygen atoms in total. The Morgan fingerprint density at radius 3 is 2.78 bits per heavy atom. The summed E-state index contributed by atoms with van der Waals surface area (Å²) >= 11 is 0. The van der Waals surface area contributed by atoms with E-state index in [0.29, 0.717) is 0 Å². The first kappa shape index (κ1) is 11.5. The number of hydrogen-bond acceptors (Lipinski definition) is 2. The van der Waals surface area contributed by atoms with E-state index in [1.54, 1.807) is 4.90 Å². The van der Waals surface area contributed by atoms with Crippen LogP contribution in [-0.2, 0) is 6.42 Å². The molecule has 2 heterocycles. The van der Waals surface area contributed by atoms with Gasteiger partial charge in [-0.25, -0.2) is 9.78 Å². The fourth-order valence-electron chi connectivity index (χ4n) is 3.01. The van der Waals surface area contributed by atoms with Crippen LogP contribution in [-0.4, -0.2) is 23.1 Å². The molecule has 1 saturated heterocycles. The summed E-state index contributed by atoms with van der Waals surface area (Å²) in [5, 5.41) is 3.15. The monoisotopic (exact) mass is 245 g/mol. The lowest BCUT2D eigenvalue weighted by Gasteiger charge is -2.21. The van der Waals surface area contributed by atoms with Gasteiger partial charge in [0.2, 0.25) is 0 Å². The molecule has 1 aromatic rings. The van der Waals surface area contributed by atoms with Crippen molar-refractivity contribution in [3.8, 4) is 0 Å². The Kier molecular flexibility index (Phi) is 2.73. The summed E-state index contributed by atoms with van der Waals surface area (Å²) in [5.74, 6) is 0.772. The van der Waals surface area contributed by atoms with Crippen molar-refractivity contribution >= 4 is 11.8 Å². The molecule has 4 heteroatoms. The third-order valence-corrected chi connectivity index (χ3v) is 4.13. The molecule has 2 aliphatic rings. The maximum Gasteiger partial charge on any atom is 0.323 e. The number of anilines is 1. The van der Waals surface area contributed by atoms with Crippen LogP contribution >= 0.6 is 0 Å². The molecule has 1 N–H and O–H groups in total. The van der Waals surface area contributed by atoms with E-state index in [2.05, 4.69) is 23.3 Å². The van der Waals surface area contributed by atoms with Gasteiger partial charge in [0.25, 0.3) is 0 Å². The average molecular weight is 245 g/mol. The van der Waals surface area contributed by atoms with Crippen molar-refractivity contribution < 1.29 is 4.79 Å². The number of carbonyl (C=O) groups is 1. The Balaban J connectivity index is 1.81. The molecular formula is C14H19N3O. The SMILES string of the molecule is CCc1ccc(N2CC3(CCCC3)NC2=O)nc1. The number of aryl methyl sites for hydroxylation is 1. The number of rotatable bonds is 2. The number of amides is 2. The van der Waals surface area contributed by atoms with Crippen LogP contribution in [0.1, 0.15) is 38.2 Å². The highest BCUT2D eigenvalue weighted by Crippen LogP contribution is 2.35. The van der Waals surface area contributed by atoms with Crippen LogP contribution in [0, 0.1) is 0 Å². The lowest BCUT2D eigenvalue weighted by Crippen LogP contribution is -2.40. The number of urea groups is 1. The lowest BCUT2D eigenvalue weighted by molar-refractivity contribution is 0.247. The largest absolute Gasteiger partial charge is 0.330 e. The lowest BCUT2D eigenvalue weighted by atomic mass is 9.99. The molecule has 1 spiro atoms. The third-order valence-electron chi connectivity index (χ3n) is 4.13. The molecule has 0 atom stereocenters. The molecule has 0 unspecified atom stereocenters. The molecule has 3 rings (SSSR count). The van der Waals surface area contributed by atoms with E-state index in [1.807, 2.05) is 12.3 Å². The fraction of sp³-hybridized carbons (Fsp3) is 0.571. The van der Waals surface area contributed by atoms with Crippen molar-refractivity contribution in [2.75, 3.05) is 11.4 Å². The van der Waals surface area contributed by atoms with Crippen LogP contribution in [0.15, 0.2) is 18.3 Å².